The van der Waals surface area contributed by atoms with Crippen LogP contribution in [0.15, 0.2) is 43.0 Å². The summed E-state index contributed by atoms with van der Waals surface area (Å²) < 4.78 is 0. The van der Waals surface area contributed by atoms with E-state index in [1.54, 1.807) is 12.4 Å². The standard InChI is InChI=1S/C22H28N4O/c27-21(19-8-6-18(7-9-19)20-14-23-17-24-15-20)25-16-22(10-2-3-11-22)26-12-4-1-5-13-26/h6-9,14-15,17H,1-5,10-13,16H2,(H,25,27). The average molecular weight is 364 g/mol. The Labute approximate surface area is 161 Å². The summed E-state index contributed by atoms with van der Waals surface area (Å²) in [6.45, 7) is 3.13. The minimum absolute atomic E-state index is 0.0224. The third kappa shape index (κ3) is 4.03. The molecule has 2 heterocycles. The number of hydrogen-bond acceptors (Lipinski definition) is 4. The summed E-state index contributed by atoms with van der Waals surface area (Å²) in [5, 5.41) is 3.23. The van der Waals surface area contributed by atoms with Gasteiger partial charge in [0.15, 0.2) is 0 Å². The van der Waals surface area contributed by atoms with Crippen molar-refractivity contribution in [1.29, 1.82) is 0 Å². The molecule has 1 N–H and O–H groups in total. The van der Waals surface area contributed by atoms with Crippen LogP contribution in [0.2, 0.25) is 0 Å². The first kappa shape index (κ1) is 18.1. The first-order valence-corrected chi connectivity index (χ1v) is 10.2. The van der Waals surface area contributed by atoms with Crippen LogP contribution in [0.5, 0.6) is 0 Å². The van der Waals surface area contributed by atoms with E-state index in [1.165, 1.54) is 64.4 Å². The van der Waals surface area contributed by atoms with Gasteiger partial charge in [-0.15, -0.1) is 0 Å². The quantitative estimate of drug-likeness (QED) is 0.879. The molecule has 5 nitrogen and oxygen atoms in total. The molecule has 0 radical (unpaired) electrons. The number of nitrogens with one attached hydrogen (secondary N) is 1. The molecule has 2 fully saturated rings. The Kier molecular flexibility index (Phi) is 5.48. The predicted octanol–water partition coefficient (Wildman–Crippen LogP) is 3.67. The molecular weight excluding hydrogens is 336 g/mol. The number of aromatic nitrogens is 2. The number of hydrogen-bond donors (Lipinski definition) is 1. The summed E-state index contributed by atoms with van der Waals surface area (Å²) in [5.41, 5.74) is 2.87. The zero-order valence-electron chi connectivity index (χ0n) is 15.9. The van der Waals surface area contributed by atoms with Crippen LogP contribution >= 0.6 is 0 Å². The number of benzene rings is 1. The maximum absolute atomic E-state index is 12.7. The van der Waals surface area contributed by atoms with Crippen LogP contribution in [0.1, 0.15) is 55.3 Å². The smallest absolute Gasteiger partial charge is 0.251 e. The van der Waals surface area contributed by atoms with Gasteiger partial charge in [0.05, 0.1) is 0 Å². The van der Waals surface area contributed by atoms with Crippen LogP contribution in [0, 0.1) is 0 Å². The highest BCUT2D eigenvalue weighted by molar-refractivity contribution is 5.94. The highest BCUT2D eigenvalue weighted by Gasteiger charge is 2.40. The molecule has 1 aromatic carbocycles. The average Bonchev–Trinajstić information content (AvgIpc) is 3.24. The van der Waals surface area contributed by atoms with Gasteiger partial charge in [0.2, 0.25) is 0 Å². The second-order valence-electron chi connectivity index (χ2n) is 7.87. The van der Waals surface area contributed by atoms with Gasteiger partial charge >= 0.3 is 0 Å². The fourth-order valence-corrected chi connectivity index (χ4v) is 4.62. The summed E-state index contributed by atoms with van der Waals surface area (Å²) in [5.74, 6) is 0.0224. The monoisotopic (exact) mass is 364 g/mol. The van der Waals surface area contributed by atoms with Crippen LogP contribution in [0.4, 0.5) is 0 Å². The maximum atomic E-state index is 12.7. The summed E-state index contributed by atoms with van der Waals surface area (Å²) in [4.78, 5) is 23.5. The minimum Gasteiger partial charge on any atom is -0.350 e. The van der Waals surface area contributed by atoms with E-state index < -0.39 is 0 Å². The molecule has 0 unspecified atom stereocenters. The van der Waals surface area contributed by atoms with E-state index in [1.807, 2.05) is 24.3 Å². The topological polar surface area (TPSA) is 58.1 Å². The van der Waals surface area contributed by atoms with E-state index in [0.717, 1.165) is 17.7 Å². The zero-order valence-corrected chi connectivity index (χ0v) is 15.9. The van der Waals surface area contributed by atoms with E-state index in [0.29, 0.717) is 5.56 Å². The molecule has 2 aliphatic rings. The zero-order chi connectivity index (χ0) is 18.5. The van der Waals surface area contributed by atoms with Crippen molar-refractivity contribution in [1.82, 2.24) is 20.2 Å². The van der Waals surface area contributed by atoms with Crippen molar-refractivity contribution >= 4 is 5.91 Å². The Morgan fingerprint density at radius 2 is 1.59 bits per heavy atom. The van der Waals surface area contributed by atoms with Crippen molar-refractivity contribution in [3.05, 3.63) is 48.5 Å². The molecule has 1 aliphatic carbocycles. The summed E-state index contributed by atoms with van der Waals surface area (Å²) in [7, 11) is 0. The Hall–Kier alpha value is -2.27. The lowest BCUT2D eigenvalue weighted by Gasteiger charge is -2.43. The van der Waals surface area contributed by atoms with Crippen LogP contribution in [-0.4, -0.2) is 45.9 Å². The van der Waals surface area contributed by atoms with E-state index in [4.69, 9.17) is 0 Å². The molecule has 0 spiro atoms. The second-order valence-corrected chi connectivity index (χ2v) is 7.87. The molecule has 1 aromatic heterocycles. The lowest BCUT2D eigenvalue weighted by atomic mass is 9.92. The summed E-state index contributed by atoms with van der Waals surface area (Å²) in [6, 6.07) is 7.70. The number of carbonyl (C=O) groups is 1. The van der Waals surface area contributed by atoms with E-state index in [-0.39, 0.29) is 11.4 Å². The molecule has 1 saturated carbocycles. The third-order valence-corrected chi connectivity index (χ3v) is 6.18. The molecule has 2 aromatic rings. The number of likely N-dealkylation sites (tertiary alicyclic amines) is 1. The number of carbonyl (C=O) groups excluding carboxylic acids is 1. The number of amides is 1. The SMILES string of the molecule is O=C(NCC1(N2CCCCC2)CCCC1)c1ccc(-c2cncnc2)cc1. The van der Waals surface area contributed by atoms with Crippen LogP contribution < -0.4 is 5.32 Å². The molecule has 1 amide bonds. The van der Waals surface area contributed by atoms with Crippen molar-refractivity contribution in [2.45, 2.75) is 50.5 Å². The van der Waals surface area contributed by atoms with Crippen molar-refractivity contribution in [3.63, 3.8) is 0 Å². The van der Waals surface area contributed by atoms with Crippen LogP contribution in [-0.2, 0) is 0 Å². The number of piperidine rings is 1. The third-order valence-electron chi connectivity index (χ3n) is 6.18. The largest absolute Gasteiger partial charge is 0.350 e. The summed E-state index contributed by atoms with van der Waals surface area (Å²) in [6.07, 6.45) is 14.0. The molecule has 0 atom stereocenters. The Bertz CT molecular complexity index is 748. The minimum atomic E-state index is 0.0224. The normalized spacial score (nSPS) is 19.7. The lowest BCUT2D eigenvalue weighted by Crippen LogP contribution is -2.55. The molecule has 1 aliphatic heterocycles. The van der Waals surface area contributed by atoms with E-state index in [2.05, 4.69) is 20.2 Å². The molecule has 27 heavy (non-hydrogen) atoms. The van der Waals surface area contributed by atoms with Gasteiger partial charge in [-0.2, -0.15) is 0 Å². The van der Waals surface area contributed by atoms with Crippen molar-refractivity contribution in [2.75, 3.05) is 19.6 Å². The molecular formula is C22H28N4O. The highest BCUT2D eigenvalue weighted by Crippen LogP contribution is 2.36. The Morgan fingerprint density at radius 1 is 0.926 bits per heavy atom. The van der Waals surface area contributed by atoms with Gasteiger partial charge < -0.3 is 5.32 Å². The summed E-state index contributed by atoms with van der Waals surface area (Å²) >= 11 is 0. The predicted molar refractivity (Wildman–Crippen MR) is 106 cm³/mol. The van der Waals surface area contributed by atoms with Crippen molar-refractivity contribution in [3.8, 4) is 11.1 Å². The molecule has 5 heteroatoms. The lowest BCUT2D eigenvalue weighted by molar-refractivity contribution is 0.0642. The van der Waals surface area contributed by atoms with E-state index in [9.17, 15) is 4.79 Å². The molecule has 142 valence electrons. The molecule has 0 bridgehead atoms. The Balaban J connectivity index is 1.41. The maximum Gasteiger partial charge on any atom is 0.251 e. The van der Waals surface area contributed by atoms with Gasteiger partial charge in [-0.25, -0.2) is 9.97 Å². The van der Waals surface area contributed by atoms with Gasteiger partial charge in [-0.1, -0.05) is 31.4 Å². The van der Waals surface area contributed by atoms with Gasteiger partial charge in [-0.05, 0) is 56.5 Å². The van der Waals surface area contributed by atoms with Crippen LogP contribution in [0.25, 0.3) is 11.1 Å². The first-order chi connectivity index (χ1) is 13.3. The van der Waals surface area contributed by atoms with E-state index >= 15 is 0 Å². The number of rotatable bonds is 5. The van der Waals surface area contributed by atoms with Gasteiger partial charge in [-0.3, -0.25) is 9.69 Å². The van der Waals surface area contributed by atoms with Crippen molar-refractivity contribution < 1.29 is 4.79 Å². The molecule has 1 saturated heterocycles. The molecule has 4 rings (SSSR count). The number of nitrogens with zero attached hydrogens (tertiary/aromatic N) is 3. The van der Waals surface area contributed by atoms with Crippen LogP contribution in [0.3, 0.4) is 0 Å². The Morgan fingerprint density at radius 3 is 2.26 bits per heavy atom. The second kappa shape index (κ2) is 8.17. The van der Waals surface area contributed by atoms with Gasteiger partial charge in [0, 0.05) is 35.6 Å². The van der Waals surface area contributed by atoms with Gasteiger partial charge in [0.1, 0.15) is 6.33 Å². The van der Waals surface area contributed by atoms with Gasteiger partial charge in [0.25, 0.3) is 5.91 Å². The fraction of sp³-hybridized carbons (Fsp3) is 0.500. The first-order valence-electron chi connectivity index (χ1n) is 10.2. The van der Waals surface area contributed by atoms with Crippen molar-refractivity contribution in [2.24, 2.45) is 0 Å². The fourth-order valence-electron chi connectivity index (χ4n) is 4.62. The highest BCUT2D eigenvalue weighted by atomic mass is 16.1.